The van der Waals surface area contributed by atoms with Crippen LogP contribution in [0.4, 0.5) is 0 Å². The Balaban J connectivity index is 1.38. The normalized spacial score (nSPS) is 30.2. The minimum absolute atomic E-state index is 0.102. The molecule has 2 aromatic rings. The van der Waals surface area contributed by atoms with Crippen LogP contribution in [-0.4, -0.2) is 46.6 Å². The van der Waals surface area contributed by atoms with Crippen molar-refractivity contribution in [2.24, 2.45) is 17.6 Å². The number of hydrogen-bond donors (Lipinski definition) is 1. The number of aromatic nitrogens is 1. The molecule has 6 nitrogen and oxygen atoms in total. The molecule has 4 atom stereocenters. The molecule has 3 aliphatic heterocycles. The number of carbonyl (C=O) groups excluding carboxylic acids is 2. The maximum atomic E-state index is 12.9. The highest BCUT2D eigenvalue weighted by molar-refractivity contribution is 6.06. The Bertz CT molecular complexity index is 856. The zero-order valence-electron chi connectivity index (χ0n) is 13.9. The topological polar surface area (TPSA) is 77.6 Å². The highest BCUT2D eigenvalue weighted by atomic mass is 16.5. The van der Waals surface area contributed by atoms with Crippen LogP contribution in [0, 0.1) is 11.8 Å². The van der Waals surface area contributed by atoms with Crippen LogP contribution in [-0.2, 0) is 16.1 Å². The molecule has 4 heterocycles. The Morgan fingerprint density at radius 1 is 1.12 bits per heavy atom. The number of primary amides is 1. The molecule has 3 fully saturated rings. The molecule has 0 spiro atoms. The number of likely N-dealkylation sites (tertiary alicyclic amines) is 1. The van der Waals surface area contributed by atoms with E-state index in [1.54, 1.807) is 6.20 Å². The smallest absolute Gasteiger partial charge is 0.250 e. The largest absolute Gasteiger partial charge is 0.374 e. The zero-order valence-corrected chi connectivity index (χ0v) is 13.9. The molecule has 2 N–H and O–H groups in total. The van der Waals surface area contributed by atoms with Gasteiger partial charge in [0.2, 0.25) is 5.91 Å². The van der Waals surface area contributed by atoms with Crippen molar-refractivity contribution in [2.75, 3.05) is 13.1 Å². The fourth-order valence-corrected chi connectivity index (χ4v) is 4.98. The standard InChI is InChI=1S/C19H21N3O3/c20-19(24)14-9-21(15-4-2-1-3-11(14)15)10-18(23)22-7-12-13(8-22)17-6-5-16(12)25-17/h1-4,9,12-13,16-17H,5-8,10H2,(H2,20,24)/t12-,13+,16+,17-. The quantitative estimate of drug-likeness (QED) is 0.918. The van der Waals surface area contributed by atoms with Gasteiger partial charge in [-0.15, -0.1) is 0 Å². The molecule has 2 bridgehead atoms. The maximum absolute atomic E-state index is 12.9. The lowest BCUT2D eigenvalue weighted by Crippen LogP contribution is -2.34. The van der Waals surface area contributed by atoms with Crippen LogP contribution in [0.3, 0.4) is 0 Å². The molecule has 130 valence electrons. The summed E-state index contributed by atoms with van der Waals surface area (Å²) in [6.45, 7) is 1.84. The van der Waals surface area contributed by atoms with E-state index >= 15 is 0 Å². The molecular weight excluding hydrogens is 318 g/mol. The first kappa shape index (κ1) is 15.0. The number of nitrogens with two attached hydrogens (primary N) is 1. The molecule has 0 saturated carbocycles. The van der Waals surface area contributed by atoms with Gasteiger partial charge in [-0.05, 0) is 18.9 Å². The van der Waals surface area contributed by atoms with Gasteiger partial charge in [-0.3, -0.25) is 9.59 Å². The number of hydrogen-bond acceptors (Lipinski definition) is 3. The fourth-order valence-electron chi connectivity index (χ4n) is 4.98. The van der Waals surface area contributed by atoms with Crippen LogP contribution in [0.5, 0.6) is 0 Å². The van der Waals surface area contributed by atoms with E-state index in [1.807, 2.05) is 33.7 Å². The SMILES string of the molecule is NC(=O)c1cn(CC(=O)N2C[C@@H]3[C@H](C2)[C@H]2CC[C@@H]3O2)c2ccccc12. The summed E-state index contributed by atoms with van der Waals surface area (Å²) in [5, 5.41) is 0.799. The second kappa shape index (κ2) is 5.33. The molecular formula is C19H21N3O3. The van der Waals surface area contributed by atoms with E-state index in [0.29, 0.717) is 29.6 Å². The lowest BCUT2D eigenvalue weighted by atomic mass is 9.82. The van der Waals surface area contributed by atoms with Gasteiger partial charge >= 0.3 is 0 Å². The summed E-state index contributed by atoms with van der Waals surface area (Å²) in [5.41, 5.74) is 6.82. The second-order valence-corrected chi connectivity index (χ2v) is 7.47. The van der Waals surface area contributed by atoms with E-state index in [0.717, 1.165) is 36.8 Å². The zero-order chi connectivity index (χ0) is 17.1. The van der Waals surface area contributed by atoms with Crippen molar-refractivity contribution in [3.63, 3.8) is 0 Å². The van der Waals surface area contributed by atoms with E-state index in [9.17, 15) is 9.59 Å². The summed E-state index contributed by atoms with van der Waals surface area (Å²) in [6, 6.07) is 7.56. The highest BCUT2D eigenvalue weighted by Gasteiger charge is 2.53. The fraction of sp³-hybridized carbons (Fsp3) is 0.474. The third-order valence-electron chi connectivity index (χ3n) is 6.17. The van der Waals surface area contributed by atoms with Crippen molar-refractivity contribution in [1.82, 2.24) is 9.47 Å². The summed E-state index contributed by atoms with van der Waals surface area (Å²) in [4.78, 5) is 26.5. The number of amides is 2. The summed E-state index contributed by atoms with van der Waals surface area (Å²) < 4.78 is 7.82. The monoisotopic (exact) mass is 339 g/mol. The average Bonchev–Trinajstić information content (AvgIpc) is 3.35. The van der Waals surface area contributed by atoms with Gasteiger partial charge in [0, 0.05) is 42.0 Å². The van der Waals surface area contributed by atoms with Crippen LogP contribution in [0.25, 0.3) is 10.9 Å². The highest BCUT2D eigenvalue weighted by Crippen LogP contribution is 2.47. The molecule has 1 aromatic carbocycles. The lowest BCUT2D eigenvalue weighted by Gasteiger charge is -2.19. The first-order valence-corrected chi connectivity index (χ1v) is 8.92. The van der Waals surface area contributed by atoms with Crippen LogP contribution < -0.4 is 5.73 Å². The van der Waals surface area contributed by atoms with Crippen molar-refractivity contribution in [3.05, 3.63) is 36.0 Å². The molecule has 2 amide bonds. The first-order chi connectivity index (χ1) is 12.1. The van der Waals surface area contributed by atoms with Crippen molar-refractivity contribution in [2.45, 2.75) is 31.6 Å². The van der Waals surface area contributed by atoms with Crippen molar-refractivity contribution >= 4 is 22.7 Å². The van der Waals surface area contributed by atoms with Crippen LogP contribution >= 0.6 is 0 Å². The molecule has 25 heavy (non-hydrogen) atoms. The molecule has 1 aromatic heterocycles. The van der Waals surface area contributed by atoms with Crippen LogP contribution in [0.15, 0.2) is 30.5 Å². The van der Waals surface area contributed by atoms with Gasteiger partial charge < -0.3 is 19.9 Å². The van der Waals surface area contributed by atoms with Crippen LogP contribution in [0.2, 0.25) is 0 Å². The number of carbonyl (C=O) groups is 2. The number of rotatable bonds is 3. The van der Waals surface area contributed by atoms with Crippen molar-refractivity contribution < 1.29 is 14.3 Å². The van der Waals surface area contributed by atoms with Gasteiger partial charge in [0.05, 0.1) is 17.8 Å². The van der Waals surface area contributed by atoms with Gasteiger partial charge in [0.25, 0.3) is 5.91 Å². The Labute approximate surface area is 145 Å². The Kier molecular flexibility index (Phi) is 3.19. The Morgan fingerprint density at radius 3 is 2.48 bits per heavy atom. The molecule has 6 heteroatoms. The van der Waals surface area contributed by atoms with E-state index < -0.39 is 5.91 Å². The van der Waals surface area contributed by atoms with Gasteiger partial charge in [0.15, 0.2) is 0 Å². The minimum atomic E-state index is -0.466. The summed E-state index contributed by atoms with van der Waals surface area (Å²) in [5.74, 6) is 0.646. The third-order valence-corrected chi connectivity index (χ3v) is 6.17. The predicted octanol–water partition coefficient (Wildman–Crippen LogP) is 1.38. The second-order valence-electron chi connectivity index (χ2n) is 7.47. The van der Waals surface area contributed by atoms with Crippen LogP contribution in [0.1, 0.15) is 23.2 Å². The Hall–Kier alpha value is -2.34. The van der Waals surface area contributed by atoms with E-state index in [2.05, 4.69) is 0 Å². The predicted molar refractivity (Wildman–Crippen MR) is 91.9 cm³/mol. The summed E-state index contributed by atoms with van der Waals surface area (Å²) in [7, 11) is 0. The molecule has 0 aliphatic carbocycles. The number of para-hydroxylation sites is 1. The van der Waals surface area contributed by atoms with E-state index in [1.165, 1.54) is 0 Å². The third kappa shape index (κ3) is 2.20. The number of fused-ring (bicyclic) bond motifs is 6. The maximum Gasteiger partial charge on any atom is 0.250 e. The number of ether oxygens (including phenoxy) is 1. The van der Waals surface area contributed by atoms with E-state index in [-0.39, 0.29) is 12.5 Å². The average molecular weight is 339 g/mol. The van der Waals surface area contributed by atoms with Crippen molar-refractivity contribution in [1.29, 1.82) is 0 Å². The molecule has 3 saturated heterocycles. The van der Waals surface area contributed by atoms with Gasteiger partial charge in [-0.2, -0.15) is 0 Å². The van der Waals surface area contributed by atoms with Gasteiger partial charge in [0.1, 0.15) is 6.54 Å². The number of nitrogens with zero attached hydrogens (tertiary/aromatic N) is 2. The molecule has 0 unspecified atom stereocenters. The Morgan fingerprint density at radius 2 is 1.80 bits per heavy atom. The first-order valence-electron chi connectivity index (χ1n) is 8.92. The summed E-state index contributed by atoms with van der Waals surface area (Å²) >= 11 is 0. The van der Waals surface area contributed by atoms with Gasteiger partial charge in [-0.25, -0.2) is 0 Å². The van der Waals surface area contributed by atoms with Crippen molar-refractivity contribution in [3.8, 4) is 0 Å². The van der Waals surface area contributed by atoms with Gasteiger partial charge in [-0.1, -0.05) is 18.2 Å². The molecule has 3 aliphatic rings. The molecule has 0 radical (unpaired) electrons. The lowest BCUT2D eigenvalue weighted by molar-refractivity contribution is -0.131. The molecule has 5 rings (SSSR count). The van der Waals surface area contributed by atoms with E-state index in [4.69, 9.17) is 10.5 Å². The minimum Gasteiger partial charge on any atom is -0.374 e. The number of benzene rings is 1. The summed E-state index contributed by atoms with van der Waals surface area (Å²) in [6.07, 6.45) is 4.67.